The number of carbonyl (C=O) groups is 2. The maximum absolute atomic E-state index is 12.4. The van der Waals surface area contributed by atoms with Crippen LogP contribution in [0.25, 0.3) is 10.3 Å². The molecule has 0 saturated heterocycles. The normalized spacial score (nSPS) is 10.9. The number of hydrogen-bond donors (Lipinski definition) is 2. The molecule has 0 unspecified atom stereocenters. The van der Waals surface area contributed by atoms with Gasteiger partial charge in [-0.05, 0) is 23.8 Å². The van der Waals surface area contributed by atoms with Gasteiger partial charge in [-0.1, -0.05) is 59.3 Å². The van der Waals surface area contributed by atoms with Crippen LogP contribution in [0.3, 0.4) is 0 Å². The van der Waals surface area contributed by atoms with Crippen molar-refractivity contribution in [3.63, 3.8) is 0 Å². The number of nitrogens with one attached hydrogen (secondary N) is 1. The van der Waals surface area contributed by atoms with Crippen molar-refractivity contribution < 1.29 is 14.7 Å². The first-order valence-electron chi connectivity index (χ1n) is 8.23. The lowest BCUT2D eigenvalue weighted by atomic mass is 10.2. The zero-order chi connectivity index (χ0) is 19.7. The van der Waals surface area contributed by atoms with E-state index in [4.69, 9.17) is 11.6 Å². The highest BCUT2D eigenvalue weighted by molar-refractivity contribution is 7.22. The van der Waals surface area contributed by atoms with Crippen LogP contribution in [-0.4, -0.2) is 31.7 Å². The molecule has 28 heavy (non-hydrogen) atoms. The van der Waals surface area contributed by atoms with E-state index in [2.05, 4.69) is 15.4 Å². The Bertz CT molecular complexity index is 1190. The second kappa shape index (κ2) is 7.41. The molecule has 0 aliphatic heterocycles. The minimum absolute atomic E-state index is 0.0910. The van der Waals surface area contributed by atoms with E-state index in [0.717, 1.165) is 16.9 Å². The van der Waals surface area contributed by atoms with Gasteiger partial charge in [0.15, 0.2) is 16.5 Å². The van der Waals surface area contributed by atoms with Gasteiger partial charge in [0.25, 0.3) is 5.91 Å². The van der Waals surface area contributed by atoms with E-state index in [1.807, 2.05) is 30.3 Å². The quantitative estimate of drug-likeness (QED) is 0.513. The van der Waals surface area contributed by atoms with Crippen LogP contribution >= 0.6 is 22.9 Å². The Hall–Kier alpha value is -3.23. The summed E-state index contributed by atoms with van der Waals surface area (Å²) in [5.41, 5.74) is 1.66. The number of rotatable bonds is 5. The fraction of sp³-hybridized carbons (Fsp3) is 0.0526. The molecule has 2 N–H and O–H groups in total. The third-order valence-electron chi connectivity index (χ3n) is 3.97. The van der Waals surface area contributed by atoms with Crippen LogP contribution in [-0.2, 0) is 6.54 Å². The molecule has 4 aromatic rings. The molecule has 0 aliphatic rings. The second-order valence-corrected chi connectivity index (χ2v) is 7.37. The van der Waals surface area contributed by atoms with Crippen molar-refractivity contribution >= 4 is 50.3 Å². The van der Waals surface area contributed by atoms with E-state index in [0.29, 0.717) is 32.6 Å². The largest absolute Gasteiger partial charge is 0.476 e. The van der Waals surface area contributed by atoms with Crippen LogP contribution in [0, 0.1) is 0 Å². The summed E-state index contributed by atoms with van der Waals surface area (Å²) in [4.78, 5) is 28.4. The number of aromatic nitrogens is 3. The van der Waals surface area contributed by atoms with Gasteiger partial charge in [0.1, 0.15) is 4.70 Å². The van der Waals surface area contributed by atoms with Crippen molar-refractivity contribution in [2.45, 2.75) is 6.54 Å². The topological polar surface area (TPSA) is 97.1 Å². The summed E-state index contributed by atoms with van der Waals surface area (Å²) in [6.07, 6.45) is 0. The standard InChI is InChI=1S/C19H13ClN4O3S/c20-13-8-4-7-12(9-13)17(25)22-19-21-16-15(28-19)14(18(26)27)23-24(16)10-11-5-2-1-3-6-11/h1-9H,10H2,(H,26,27)(H,21,22,25). The molecule has 9 heteroatoms. The zero-order valence-electron chi connectivity index (χ0n) is 14.3. The lowest BCUT2D eigenvalue weighted by Crippen LogP contribution is -2.12. The number of halogens is 1. The summed E-state index contributed by atoms with van der Waals surface area (Å²) in [5.74, 6) is -1.52. The molecule has 2 aromatic heterocycles. The first kappa shape index (κ1) is 18.1. The highest BCUT2D eigenvalue weighted by Gasteiger charge is 2.22. The minimum atomic E-state index is -1.15. The van der Waals surface area contributed by atoms with Gasteiger partial charge in [-0.3, -0.25) is 10.1 Å². The van der Waals surface area contributed by atoms with Crippen molar-refractivity contribution in [3.8, 4) is 0 Å². The first-order valence-corrected chi connectivity index (χ1v) is 9.42. The maximum Gasteiger partial charge on any atom is 0.357 e. The number of benzene rings is 2. The van der Waals surface area contributed by atoms with Gasteiger partial charge in [-0.25, -0.2) is 9.48 Å². The molecule has 0 spiro atoms. The Morgan fingerprint density at radius 3 is 2.64 bits per heavy atom. The van der Waals surface area contributed by atoms with Gasteiger partial charge >= 0.3 is 5.97 Å². The van der Waals surface area contributed by atoms with E-state index >= 15 is 0 Å². The van der Waals surface area contributed by atoms with E-state index in [1.165, 1.54) is 4.68 Å². The first-order chi connectivity index (χ1) is 13.5. The number of anilines is 1. The molecule has 0 radical (unpaired) electrons. The van der Waals surface area contributed by atoms with Gasteiger partial charge in [-0.2, -0.15) is 10.1 Å². The van der Waals surface area contributed by atoms with Gasteiger partial charge in [0, 0.05) is 10.6 Å². The average Bonchev–Trinajstić information content (AvgIpc) is 3.22. The van der Waals surface area contributed by atoms with Crippen LogP contribution in [0.5, 0.6) is 0 Å². The lowest BCUT2D eigenvalue weighted by Gasteiger charge is -2.03. The second-order valence-electron chi connectivity index (χ2n) is 5.93. The number of fused-ring (bicyclic) bond motifs is 1. The summed E-state index contributed by atoms with van der Waals surface area (Å²) in [6.45, 7) is 0.371. The number of hydrogen-bond acceptors (Lipinski definition) is 5. The van der Waals surface area contributed by atoms with Crippen molar-refractivity contribution in [1.29, 1.82) is 0 Å². The molecule has 2 heterocycles. The van der Waals surface area contributed by atoms with E-state index in [1.54, 1.807) is 24.3 Å². The van der Waals surface area contributed by atoms with Crippen molar-refractivity contribution in [3.05, 3.63) is 76.4 Å². The number of aromatic carboxylic acids is 1. The average molecular weight is 413 g/mol. The molecule has 140 valence electrons. The monoisotopic (exact) mass is 412 g/mol. The van der Waals surface area contributed by atoms with Gasteiger partial charge < -0.3 is 5.11 Å². The van der Waals surface area contributed by atoms with Crippen molar-refractivity contribution in [2.75, 3.05) is 5.32 Å². The Morgan fingerprint density at radius 1 is 1.14 bits per heavy atom. The maximum atomic E-state index is 12.4. The molecule has 0 atom stereocenters. The summed E-state index contributed by atoms with van der Waals surface area (Å²) >= 11 is 6.99. The summed E-state index contributed by atoms with van der Waals surface area (Å²) in [6, 6.07) is 16.1. The highest BCUT2D eigenvalue weighted by Crippen LogP contribution is 2.30. The molecule has 0 saturated carbocycles. The molecule has 1 amide bonds. The van der Waals surface area contributed by atoms with E-state index in [9.17, 15) is 14.7 Å². The van der Waals surface area contributed by atoms with Crippen LogP contribution in [0.1, 0.15) is 26.4 Å². The van der Waals surface area contributed by atoms with Crippen molar-refractivity contribution in [2.24, 2.45) is 0 Å². The predicted octanol–water partition coefficient (Wildman–Crippen LogP) is 4.15. The molecule has 4 rings (SSSR count). The number of carboxylic acid groups (broad SMARTS) is 1. The predicted molar refractivity (Wildman–Crippen MR) is 107 cm³/mol. The molecule has 2 aromatic carbocycles. The van der Waals surface area contributed by atoms with Crippen molar-refractivity contribution in [1.82, 2.24) is 14.8 Å². The number of amides is 1. The Labute approximate surface area is 168 Å². The molecule has 0 fully saturated rings. The molecule has 0 aliphatic carbocycles. The number of carbonyl (C=O) groups excluding carboxylic acids is 1. The summed E-state index contributed by atoms with van der Waals surface area (Å²) in [7, 11) is 0. The zero-order valence-corrected chi connectivity index (χ0v) is 15.9. The van der Waals surface area contributed by atoms with E-state index < -0.39 is 5.97 Å². The third-order valence-corrected chi connectivity index (χ3v) is 5.18. The SMILES string of the molecule is O=C(Nc1nc2c(s1)c(C(=O)O)nn2Cc1ccccc1)c1cccc(Cl)c1. The fourth-order valence-corrected chi connectivity index (χ4v) is 3.84. The summed E-state index contributed by atoms with van der Waals surface area (Å²) < 4.78 is 1.93. The third kappa shape index (κ3) is 3.60. The van der Waals surface area contributed by atoms with Gasteiger partial charge in [-0.15, -0.1) is 0 Å². The van der Waals surface area contributed by atoms with E-state index in [-0.39, 0.29) is 11.6 Å². The smallest absolute Gasteiger partial charge is 0.357 e. The Kier molecular flexibility index (Phi) is 4.81. The molecular weight excluding hydrogens is 400 g/mol. The van der Waals surface area contributed by atoms with Crippen LogP contribution in [0.15, 0.2) is 54.6 Å². The number of thiazole rings is 1. The lowest BCUT2D eigenvalue weighted by molar-refractivity contribution is 0.0691. The molecular formula is C19H13ClN4O3S. The minimum Gasteiger partial charge on any atom is -0.476 e. The van der Waals surface area contributed by atoms with Gasteiger partial charge in [0.2, 0.25) is 0 Å². The number of carboxylic acids is 1. The molecule has 7 nitrogen and oxygen atoms in total. The van der Waals surface area contributed by atoms with Crippen LogP contribution in [0.2, 0.25) is 5.02 Å². The number of nitrogens with zero attached hydrogens (tertiary/aromatic N) is 3. The molecule has 0 bridgehead atoms. The van der Waals surface area contributed by atoms with Crippen LogP contribution < -0.4 is 5.32 Å². The summed E-state index contributed by atoms with van der Waals surface area (Å²) in [5, 5.41) is 17.1. The highest BCUT2D eigenvalue weighted by atomic mass is 35.5. The van der Waals surface area contributed by atoms with Gasteiger partial charge in [0.05, 0.1) is 6.54 Å². The Balaban J connectivity index is 1.68. The fourth-order valence-electron chi connectivity index (χ4n) is 2.71. The van der Waals surface area contributed by atoms with Crippen LogP contribution in [0.4, 0.5) is 5.13 Å². The Morgan fingerprint density at radius 2 is 1.93 bits per heavy atom.